The molecule has 0 aliphatic heterocycles. The number of amides is 2. The van der Waals surface area contributed by atoms with E-state index in [4.69, 9.17) is 11.5 Å². The van der Waals surface area contributed by atoms with E-state index in [9.17, 15) is 9.59 Å². The number of nitrogens with two attached hydrogens (primary N) is 2. The molecule has 0 bridgehead atoms. The molecule has 19 heavy (non-hydrogen) atoms. The van der Waals surface area contributed by atoms with Gasteiger partial charge in [0.05, 0.1) is 18.5 Å². The molecule has 104 valence electrons. The summed E-state index contributed by atoms with van der Waals surface area (Å²) in [5.41, 5.74) is 11.6. The second-order valence-corrected chi connectivity index (χ2v) is 5.16. The first-order chi connectivity index (χ1) is 8.93. The molecule has 0 aromatic heterocycles. The number of rotatable bonds is 6. The Morgan fingerprint density at radius 1 is 1.32 bits per heavy atom. The molecule has 2 amide bonds. The summed E-state index contributed by atoms with van der Waals surface area (Å²) in [6, 6.07) is 6.83. The molecule has 5 nitrogen and oxygen atoms in total. The van der Waals surface area contributed by atoms with Gasteiger partial charge < -0.3 is 16.8 Å². The summed E-state index contributed by atoms with van der Waals surface area (Å²) >= 11 is 1.66. The number of primary amides is 1. The molecule has 0 fully saturated rings. The van der Waals surface area contributed by atoms with Gasteiger partial charge in [0.2, 0.25) is 11.8 Å². The molecule has 1 rings (SSSR count). The van der Waals surface area contributed by atoms with Crippen molar-refractivity contribution < 1.29 is 9.59 Å². The van der Waals surface area contributed by atoms with Crippen LogP contribution in [0.1, 0.15) is 24.9 Å². The van der Waals surface area contributed by atoms with Crippen LogP contribution < -0.4 is 16.8 Å². The zero-order valence-corrected chi connectivity index (χ0v) is 11.9. The SMILES string of the molecule is CSc1ccc(C(C)NC(=O)C(N)CC(N)=O)cc1. The Bertz CT molecular complexity index is 448. The third-order valence-corrected chi connectivity index (χ3v) is 3.48. The molecule has 1 aromatic rings. The zero-order valence-electron chi connectivity index (χ0n) is 11.1. The van der Waals surface area contributed by atoms with E-state index in [1.165, 1.54) is 0 Å². The lowest BCUT2D eigenvalue weighted by atomic mass is 10.1. The molecule has 5 N–H and O–H groups in total. The summed E-state index contributed by atoms with van der Waals surface area (Å²) in [5, 5.41) is 2.76. The summed E-state index contributed by atoms with van der Waals surface area (Å²) in [6.45, 7) is 1.86. The number of carbonyl (C=O) groups is 2. The number of thioether (sulfide) groups is 1. The van der Waals surface area contributed by atoms with Gasteiger partial charge in [-0.15, -0.1) is 11.8 Å². The maximum atomic E-state index is 11.7. The molecule has 6 heteroatoms. The lowest BCUT2D eigenvalue weighted by Crippen LogP contribution is -2.43. The Morgan fingerprint density at radius 2 is 1.89 bits per heavy atom. The van der Waals surface area contributed by atoms with Crippen LogP contribution >= 0.6 is 11.8 Å². The first kappa shape index (κ1) is 15.5. The fourth-order valence-corrected chi connectivity index (χ4v) is 2.01. The van der Waals surface area contributed by atoms with Crippen molar-refractivity contribution in [2.75, 3.05) is 6.26 Å². The lowest BCUT2D eigenvalue weighted by Gasteiger charge is -2.17. The van der Waals surface area contributed by atoms with Crippen LogP contribution in [0.2, 0.25) is 0 Å². The molecule has 0 aliphatic rings. The van der Waals surface area contributed by atoms with Gasteiger partial charge >= 0.3 is 0 Å². The van der Waals surface area contributed by atoms with Crippen LogP contribution in [0.5, 0.6) is 0 Å². The Balaban J connectivity index is 2.60. The van der Waals surface area contributed by atoms with E-state index in [0.717, 1.165) is 10.5 Å². The molecule has 0 aliphatic carbocycles. The van der Waals surface area contributed by atoms with E-state index in [1.807, 2.05) is 37.4 Å². The quantitative estimate of drug-likeness (QED) is 0.671. The van der Waals surface area contributed by atoms with E-state index >= 15 is 0 Å². The van der Waals surface area contributed by atoms with Gasteiger partial charge in [-0.1, -0.05) is 12.1 Å². The molecule has 0 radical (unpaired) electrons. The Kier molecular flexibility index (Phi) is 5.85. The van der Waals surface area contributed by atoms with Crippen molar-refractivity contribution in [3.63, 3.8) is 0 Å². The van der Waals surface area contributed by atoms with Gasteiger partial charge in [-0.3, -0.25) is 9.59 Å². The lowest BCUT2D eigenvalue weighted by molar-refractivity contribution is -0.126. The maximum absolute atomic E-state index is 11.7. The number of hydrogen-bond donors (Lipinski definition) is 3. The Hall–Kier alpha value is -1.53. The highest BCUT2D eigenvalue weighted by Gasteiger charge is 2.18. The summed E-state index contributed by atoms with van der Waals surface area (Å²) in [7, 11) is 0. The molecule has 2 unspecified atom stereocenters. The largest absolute Gasteiger partial charge is 0.370 e. The fourth-order valence-electron chi connectivity index (χ4n) is 1.61. The normalized spacial score (nSPS) is 13.6. The molecule has 0 saturated heterocycles. The minimum absolute atomic E-state index is 0.149. The van der Waals surface area contributed by atoms with E-state index in [-0.39, 0.29) is 18.4 Å². The monoisotopic (exact) mass is 281 g/mol. The molecule has 0 saturated carbocycles. The van der Waals surface area contributed by atoms with Gasteiger partial charge in [-0.25, -0.2) is 0 Å². The molecular formula is C13H19N3O2S. The average Bonchev–Trinajstić information content (AvgIpc) is 2.37. The topological polar surface area (TPSA) is 98.2 Å². The van der Waals surface area contributed by atoms with Crippen LogP contribution in [-0.2, 0) is 9.59 Å². The number of nitrogens with one attached hydrogen (secondary N) is 1. The minimum Gasteiger partial charge on any atom is -0.370 e. The second-order valence-electron chi connectivity index (χ2n) is 4.28. The standard InChI is InChI=1S/C13H19N3O2S/c1-8(9-3-5-10(19-2)6-4-9)16-13(18)11(14)7-12(15)17/h3-6,8,11H,7,14H2,1-2H3,(H2,15,17)(H,16,18). The van der Waals surface area contributed by atoms with Gasteiger partial charge in [-0.2, -0.15) is 0 Å². The average molecular weight is 281 g/mol. The summed E-state index contributed by atoms with van der Waals surface area (Å²) in [5.74, 6) is -0.958. The van der Waals surface area contributed by atoms with E-state index in [1.54, 1.807) is 11.8 Å². The van der Waals surface area contributed by atoms with Crippen LogP contribution in [-0.4, -0.2) is 24.1 Å². The van der Waals surface area contributed by atoms with Crippen molar-refractivity contribution in [3.8, 4) is 0 Å². The van der Waals surface area contributed by atoms with Gasteiger partial charge in [0.15, 0.2) is 0 Å². The summed E-state index contributed by atoms with van der Waals surface area (Å²) < 4.78 is 0. The van der Waals surface area contributed by atoms with Crippen molar-refractivity contribution in [2.45, 2.75) is 30.3 Å². The van der Waals surface area contributed by atoms with Crippen LogP contribution in [0.25, 0.3) is 0 Å². The molecule has 1 aromatic carbocycles. The van der Waals surface area contributed by atoms with Crippen LogP contribution in [0.4, 0.5) is 0 Å². The van der Waals surface area contributed by atoms with Gasteiger partial charge in [0, 0.05) is 4.90 Å². The highest BCUT2D eigenvalue weighted by Crippen LogP contribution is 2.18. The van der Waals surface area contributed by atoms with Crippen LogP contribution in [0.3, 0.4) is 0 Å². The summed E-state index contributed by atoms with van der Waals surface area (Å²) in [4.78, 5) is 23.6. The maximum Gasteiger partial charge on any atom is 0.237 e. The van der Waals surface area contributed by atoms with Gasteiger partial charge in [-0.05, 0) is 30.9 Å². The first-order valence-electron chi connectivity index (χ1n) is 5.92. The number of benzene rings is 1. The predicted molar refractivity (Wildman–Crippen MR) is 76.6 cm³/mol. The van der Waals surface area contributed by atoms with Crippen molar-refractivity contribution in [2.24, 2.45) is 11.5 Å². The fraction of sp³-hybridized carbons (Fsp3) is 0.385. The Labute approximate surface area is 117 Å². The second kappa shape index (κ2) is 7.16. The molecule has 0 heterocycles. The van der Waals surface area contributed by atoms with E-state index < -0.39 is 11.9 Å². The highest BCUT2D eigenvalue weighted by molar-refractivity contribution is 7.98. The summed E-state index contributed by atoms with van der Waals surface area (Å²) in [6.07, 6.45) is 1.85. The Morgan fingerprint density at radius 3 is 2.37 bits per heavy atom. The van der Waals surface area contributed by atoms with E-state index in [0.29, 0.717) is 0 Å². The minimum atomic E-state index is -0.898. The van der Waals surface area contributed by atoms with Gasteiger partial charge in [0.25, 0.3) is 0 Å². The molecule has 2 atom stereocenters. The zero-order chi connectivity index (χ0) is 14.4. The van der Waals surface area contributed by atoms with Crippen molar-refractivity contribution in [1.29, 1.82) is 0 Å². The number of hydrogen-bond acceptors (Lipinski definition) is 4. The van der Waals surface area contributed by atoms with Crippen LogP contribution in [0.15, 0.2) is 29.2 Å². The number of carbonyl (C=O) groups excluding carboxylic acids is 2. The first-order valence-corrected chi connectivity index (χ1v) is 7.14. The van der Waals surface area contributed by atoms with Gasteiger partial charge in [0.1, 0.15) is 0 Å². The van der Waals surface area contributed by atoms with E-state index in [2.05, 4.69) is 5.32 Å². The molecule has 0 spiro atoms. The molecular weight excluding hydrogens is 262 g/mol. The predicted octanol–water partition coefficient (Wildman–Crippen LogP) is 0.788. The third-order valence-electron chi connectivity index (χ3n) is 2.73. The smallest absolute Gasteiger partial charge is 0.237 e. The van der Waals surface area contributed by atoms with Crippen LogP contribution in [0, 0.1) is 0 Å². The third kappa shape index (κ3) is 4.92. The van der Waals surface area contributed by atoms with Crippen molar-refractivity contribution >= 4 is 23.6 Å². The highest BCUT2D eigenvalue weighted by atomic mass is 32.2. The van der Waals surface area contributed by atoms with Crippen molar-refractivity contribution in [3.05, 3.63) is 29.8 Å². The van der Waals surface area contributed by atoms with Crippen molar-refractivity contribution in [1.82, 2.24) is 5.32 Å².